The highest BCUT2D eigenvalue weighted by Gasteiger charge is 2.16. The summed E-state index contributed by atoms with van der Waals surface area (Å²) in [4.78, 5) is 13.1. The molecule has 0 aromatic heterocycles. The molecule has 0 N–H and O–H groups in total. The second kappa shape index (κ2) is 5.68. The van der Waals surface area contributed by atoms with Gasteiger partial charge < -0.3 is 4.90 Å². The molecule has 2 aromatic carbocycles. The number of hydrogen-bond donors (Lipinski definition) is 0. The van der Waals surface area contributed by atoms with Crippen molar-refractivity contribution in [2.24, 2.45) is 0 Å². The molecule has 2 nitrogen and oxygen atoms in total. The SMILES string of the molecule is O=Cc1ccc(N2CCc3ccccc3CC2)c(Cl)c1. The Balaban J connectivity index is 1.85. The molecule has 1 aliphatic heterocycles. The number of hydrogen-bond acceptors (Lipinski definition) is 2. The number of carbonyl (C=O) groups excluding carboxylic acids is 1. The van der Waals surface area contributed by atoms with E-state index in [1.807, 2.05) is 12.1 Å². The van der Waals surface area contributed by atoms with Gasteiger partial charge in [-0.05, 0) is 42.2 Å². The second-order valence-electron chi connectivity index (χ2n) is 5.08. The molecule has 102 valence electrons. The Labute approximate surface area is 124 Å². The molecular formula is C17H16ClNO. The number of fused-ring (bicyclic) bond motifs is 1. The van der Waals surface area contributed by atoms with Crippen molar-refractivity contribution in [2.45, 2.75) is 12.8 Å². The van der Waals surface area contributed by atoms with Gasteiger partial charge >= 0.3 is 0 Å². The maximum atomic E-state index is 10.8. The van der Waals surface area contributed by atoms with Gasteiger partial charge in [-0.25, -0.2) is 0 Å². The standard InChI is InChI=1S/C17H16ClNO/c18-16-11-13(12-20)5-6-17(16)19-9-7-14-3-1-2-4-15(14)8-10-19/h1-6,11-12H,7-10H2. The van der Waals surface area contributed by atoms with Crippen LogP contribution in [0.5, 0.6) is 0 Å². The second-order valence-corrected chi connectivity index (χ2v) is 5.49. The number of rotatable bonds is 2. The van der Waals surface area contributed by atoms with E-state index in [9.17, 15) is 4.79 Å². The summed E-state index contributed by atoms with van der Waals surface area (Å²) >= 11 is 6.31. The molecule has 0 amide bonds. The molecule has 2 aromatic rings. The fourth-order valence-electron chi connectivity index (χ4n) is 2.76. The summed E-state index contributed by atoms with van der Waals surface area (Å²) in [5.41, 5.74) is 4.49. The number of benzene rings is 2. The number of carbonyl (C=O) groups is 1. The van der Waals surface area contributed by atoms with E-state index >= 15 is 0 Å². The van der Waals surface area contributed by atoms with Crippen molar-refractivity contribution in [1.82, 2.24) is 0 Å². The molecule has 0 aliphatic carbocycles. The third-order valence-electron chi connectivity index (χ3n) is 3.87. The average Bonchev–Trinajstić information content (AvgIpc) is 2.70. The van der Waals surface area contributed by atoms with Crippen molar-refractivity contribution in [3.05, 3.63) is 64.2 Å². The van der Waals surface area contributed by atoms with Crippen LogP contribution in [0, 0.1) is 0 Å². The first-order valence-electron chi connectivity index (χ1n) is 6.84. The zero-order chi connectivity index (χ0) is 13.9. The van der Waals surface area contributed by atoms with Gasteiger partial charge in [-0.3, -0.25) is 4.79 Å². The Morgan fingerprint density at radius 3 is 2.20 bits per heavy atom. The van der Waals surface area contributed by atoms with Crippen LogP contribution in [0.2, 0.25) is 5.02 Å². The molecule has 0 saturated carbocycles. The quantitative estimate of drug-likeness (QED) is 0.783. The van der Waals surface area contributed by atoms with E-state index in [1.165, 1.54) is 11.1 Å². The molecule has 0 unspecified atom stereocenters. The lowest BCUT2D eigenvalue weighted by Crippen LogP contribution is -2.26. The Kier molecular flexibility index (Phi) is 3.75. The number of aldehydes is 1. The minimum absolute atomic E-state index is 0.622. The van der Waals surface area contributed by atoms with Crippen LogP contribution >= 0.6 is 11.6 Å². The molecule has 0 fully saturated rings. The van der Waals surface area contributed by atoms with E-state index in [0.717, 1.165) is 37.9 Å². The van der Waals surface area contributed by atoms with Crippen molar-refractivity contribution in [3.8, 4) is 0 Å². The molecule has 0 atom stereocenters. The highest BCUT2D eigenvalue weighted by atomic mass is 35.5. The molecule has 0 bridgehead atoms. The minimum Gasteiger partial charge on any atom is -0.370 e. The van der Waals surface area contributed by atoms with Crippen molar-refractivity contribution >= 4 is 23.6 Å². The van der Waals surface area contributed by atoms with Crippen LogP contribution < -0.4 is 4.90 Å². The molecule has 0 spiro atoms. The third-order valence-corrected chi connectivity index (χ3v) is 4.17. The monoisotopic (exact) mass is 285 g/mol. The van der Waals surface area contributed by atoms with Gasteiger partial charge in [0, 0.05) is 18.7 Å². The number of anilines is 1. The lowest BCUT2D eigenvalue weighted by atomic mass is 10.0. The van der Waals surface area contributed by atoms with Crippen molar-refractivity contribution in [2.75, 3.05) is 18.0 Å². The molecule has 0 radical (unpaired) electrons. The van der Waals surface area contributed by atoms with Crippen LogP contribution in [0.1, 0.15) is 21.5 Å². The molecule has 1 aliphatic rings. The van der Waals surface area contributed by atoms with Crippen LogP contribution in [0.4, 0.5) is 5.69 Å². The summed E-state index contributed by atoms with van der Waals surface area (Å²) in [7, 11) is 0. The molecule has 3 rings (SSSR count). The Hall–Kier alpha value is -1.80. The Morgan fingerprint density at radius 2 is 1.65 bits per heavy atom. The highest BCUT2D eigenvalue weighted by Crippen LogP contribution is 2.28. The summed E-state index contributed by atoms with van der Waals surface area (Å²) in [5.74, 6) is 0. The summed E-state index contributed by atoms with van der Waals surface area (Å²) in [5, 5.41) is 0.653. The smallest absolute Gasteiger partial charge is 0.150 e. The summed E-state index contributed by atoms with van der Waals surface area (Å²) in [6, 6.07) is 14.1. The third kappa shape index (κ3) is 2.56. The average molecular weight is 286 g/mol. The lowest BCUT2D eigenvalue weighted by Gasteiger charge is -2.23. The summed E-state index contributed by atoms with van der Waals surface area (Å²) in [6.07, 6.45) is 2.89. The number of halogens is 1. The predicted octanol–water partition coefficient (Wildman–Crippen LogP) is 3.76. The van der Waals surface area contributed by atoms with Crippen LogP contribution in [-0.2, 0) is 12.8 Å². The van der Waals surface area contributed by atoms with Crippen molar-refractivity contribution in [3.63, 3.8) is 0 Å². The lowest BCUT2D eigenvalue weighted by molar-refractivity contribution is 0.112. The largest absolute Gasteiger partial charge is 0.370 e. The molecular weight excluding hydrogens is 270 g/mol. The fraction of sp³-hybridized carbons (Fsp3) is 0.235. The van der Waals surface area contributed by atoms with Crippen LogP contribution in [0.15, 0.2) is 42.5 Å². The summed E-state index contributed by atoms with van der Waals surface area (Å²) < 4.78 is 0. The van der Waals surface area contributed by atoms with Gasteiger partial charge in [0.15, 0.2) is 0 Å². The topological polar surface area (TPSA) is 20.3 Å². The Morgan fingerprint density at radius 1 is 1.00 bits per heavy atom. The van der Waals surface area contributed by atoms with Gasteiger partial charge in [0.25, 0.3) is 0 Å². The highest BCUT2D eigenvalue weighted by molar-refractivity contribution is 6.33. The zero-order valence-corrected chi connectivity index (χ0v) is 11.9. The van der Waals surface area contributed by atoms with Crippen LogP contribution in [0.3, 0.4) is 0 Å². The first kappa shape index (κ1) is 13.2. The first-order chi connectivity index (χ1) is 9.78. The van der Waals surface area contributed by atoms with Gasteiger partial charge in [0.1, 0.15) is 6.29 Å². The first-order valence-corrected chi connectivity index (χ1v) is 7.22. The molecule has 0 saturated heterocycles. The van der Waals surface area contributed by atoms with E-state index < -0.39 is 0 Å². The van der Waals surface area contributed by atoms with Gasteiger partial charge in [-0.2, -0.15) is 0 Å². The molecule has 3 heteroatoms. The minimum atomic E-state index is 0.622. The van der Waals surface area contributed by atoms with Crippen molar-refractivity contribution in [1.29, 1.82) is 0 Å². The van der Waals surface area contributed by atoms with Crippen LogP contribution in [0.25, 0.3) is 0 Å². The summed E-state index contributed by atoms with van der Waals surface area (Å²) in [6.45, 7) is 1.91. The van der Waals surface area contributed by atoms with E-state index in [1.54, 1.807) is 6.07 Å². The van der Waals surface area contributed by atoms with E-state index in [0.29, 0.717) is 10.6 Å². The predicted molar refractivity (Wildman–Crippen MR) is 82.9 cm³/mol. The van der Waals surface area contributed by atoms with Crippen molar-refractivity contribution < 1.29 is 4.79 Å². The van der Waals surface area contributed by atoms with E-state index in [-0.39, 0.29) is 0 Å². The number of nitrogens with zero attached hydrogens (tertiary/aromatic N) is 1. The fourth-order valence-corrected chi connectivity index (χ4v) is 3.07. The van der Waals surface area contributed by atoms with E-state index in [2.05, 4.69) is 29.2 Å². The maximum Gasteiger partial charge on any atom is 0.150 e. The normalized spacial score (nSPS) is 14.6. The maximum absolute atomic E-state index is 10.8. The Bertz CT molecular complexity index is 612. The van der Waals surface area contributed by atoms with Gasteiger partial charge in [0.2, 0.25) is 0 Å². The zero-order valence-electron chi connectivity index (χ0n) is 11.2. The van der Waals surface area contributed by atoms with Gasteiger partial charge in [0.05, 0.1) is 10.7 Å². The van der Waals surface area contributed by atoms with Gasteiger partial charge in [-0.1, -0.05) is 35.9 Å². The van der Waals surface area contributed by atoms with E-state index in [4.69, 9.17) is 11.6 Å². The van der Waals surface area contributed by atoms with Crippen LogP contribution in [-0.4, -0.2) is 19.4 Å². The van der Waals surface area contributed by atoms with Gasteiger partial charge in [-0.15, -0.1) is 0 Å². The molecule has 20 heavy (non-hydrogen) atoms. The molecule has 1 heterocycles.